The molecule has 144 valence electrons. The van der Waals surface area contributed by atoms with Crippen LogP contribution in [0.2, 0.25) is 0 Å². The molecule has 0 unspecified atom stereocenters. The molecule has 0 aromatic heterocycles. The first-order valence-corrected chi connectivity index (χ1v) is 9.20. The summed E-state index contributed by atoms with van der Waals surface area (Å²) in [7, 11) is 0. The minimum absolute atomic E-state index is 0.0333. The maximum atomic E-state index is 12.9. The normalized spacial score (nSPS) is 13.9. The summed E-state index contributed by atoms with van der Waals surface area (Å²) < 4.78 is 5.12. The number of amides is 2. The van der Waals surface area contributed by atoms with E-state index >= 15 is 0 Å². The number of ether oxygens (including phenoxy) is 1. The molecule has 1 heterocycles. The predicted octanol–water partition coefficient (Wildman–Crippen LogP) is 4.00. The molecule has 0 saturated heterocycles. The number of benzene rings is 2. The minimum atomic E-state index is -0.595. The van der Waals surface area contributed by atoms with Crippen LogP contribution in [-0.2, 0) is 14.3 Å². The number of para-hydroxylation sites is 1. The van der Waals surface area contributed by atoms with Crippen molar-refractivity contribution in [1.29, 1.82) is 0 Å². The molecular formula is C21H19ClN2O4. The summed E-state index contributed by atoms with van der Waals surface area (Å²) in [5.41, 5.74) is 2.00. The van der Waals surface area contributed by atoms with Gasteiger partial charge in [0, 0.05) is 5.69 Å². The highest BCUT2D eigenvalue weighted by atomic mass is 35.5. The summed E-state index contributed by atoms with van der Waals surface area (Å²) in [5.74, 6) is -1.61. The highest BCUT2D eigenvalue weighted by Crippen LogP contribution is 2.31. The second kappa shape index (κ2) is 8.27. The smallest absolute Gasteiger partial charge is 0.338 e. The zero-order valence-electron chi connectivity index (χ0n) is 15.5. The molecule has 0 bridgehead atoms. The van der Waals surface area contributed by atoms with Gasteiger partial charge in [0.2, 0.25) is 0 Å². The Morgan fingerprint density at radius 3 is 2.57 bits per heavy atom. The summed E-state index contributed by atoms with van der Waals surface area (Å²) in [6.07, 6.45) is 0.720. The molecule has 0 aliphatic carbocycles. The zero-order chi connectivity index (χ0) is 20.3. The molecule has 6 nitrogen and oxygen atoms in total. The lowest BCUT2D eigenvalue weighted by Gasteiger charge is -2.17. The summed E-state index contributed by atoms with van der Waals surface area (Å²) >= 11 is 6.15. The lowest BCUT2D eigenvalue weighted by atomic mass is 10.2. The highest BCUT2D eigenvalue weighted by Gasteiger charge is 2.39. The van der Waals surface area contributed by atoms with Gasteiger partial charge in [-0.15, -0.1) is 0 Å². The molecule has 0 saturated carbocycles. The summed E-state index contributed by atoms with van der Waals surface area (Å²) in [4.78, 5) is 38.5. The number of halogens is 1. The van der Waals surface area contributed by atoms with Gasteiger partial charge >= 0.3 is 5.97 Å². The maximum Gasteiger partial charge on any atom is 0.338 e. The van der Waals surface area contributed by atoms with Gasteiger partial charge in [-0.05, 0) is 43.2 Å². The number of carbonyl (C=O) groups excluding carboxylic acids is 3. The molecule has 2 aromatic carbocycles. The van der Waals surface area contributed by atoms with Crippen LogP contribution in [0.1, 0.15) is 29.3 Å². The van der Waals surface area contributed by atoms with Crippen LogP contribution >= 0.6 is 11.6 Å². The van der Waals surface area contributed by atoms with E-state index in [1.165, 1.54) is 0 Å². The van der Waals surface area contributed by atoms with Gasteiger partial charge in [0.05, 0.1) is 17.9 Å². The molecule has 0 radical (unpaired) electrons. The number of imide groups is 1. The Labute approximate surface area is 167 Å². The van der Waals surface area contributed by atoms with E-state index in [0.29, 0.717) is 23.5 Å². The molecule has 0 fully saturated rings. The first-order valence-electron chi connectivity index (χ1n) is 8.82. The number of anilines is 2. The van der Waals surface area contributed by atoms with Gasteiger partial charge in [-0.1, -0.05) is 42.8 Å². The lowest BCUT2D eigenvalue weighted by molar-refractivity contribution is -0.120. The van der Waals surface area contributed by atoms with Crippen LogP contribution in [0.15, 0.2) is 59.3 Å². The zero-order valence-corrected chi connectivity index (χ0v) is 16.2. The number of aryl methyl sites for hydroxylation is 1. The molecular weight excluding hydrogens is 380 g/mol. The second-order valence-corrected chi connectivity index (χ2v) is 6.64. The van der Waals surface area contributed by atoms with Crippen molar-refractivity contribution in [2.24, 2.45) is 0 Å². The van der Waals surface area contributed by atoms with E-state index in [1.807, 2.05) is 13.0 Å². The van der Waals surface area contributed by atoms with Gasteiger partial charge in [0.25, 0.3) is 11.8 Å². The molecule has 1 N–H and O–H groups in total. The van der Waals surface area contributed by atoms with Crippen LogP contribution in [0.3, 0.4) is 0 Å². The van der Waals surface area contributed by atoms with Crippen LogP contribution in [0.5, 0.6) is 0 Å². The molecule has 3 rings (SSSR count). The molecule has 7 heteroatoms. The monoisotopic (exact) mass is 398 g/mol. The number of nitrogens with zero attached hydrogens (tertiary/aromatic N) is 1. The van der Waals surface area contributed by atoms with E-state index in [2.05, 4.69) is 5.32 Å². The van der Waals surface area contributed by atoms with Crippen molar-refractivity contribution >= 4 is 40.8 Å². The third kappa shape index (κ3) is 3.77. The van der Waals surface area contributed by atoms with Crippen LogP contribution < -0.4 is 10.2 Å². The van der Waals surface area contributed by atoms with Gasteiger partial charge < -0.3 is 10.1 Å². The van der Waals surface area contributed by atoms with E-state index in [1.54, 1.807) is 49.4 Å². The van der Waals surface area contributed by atoms with Gasteiger partial charge in [-0.3, -0.25) is 9.59 Å². The lowest BCUT2D eigenvalue weighted by Crippen LogP contribution is -2.32. The van der Waals surface area contributed by atoms with Crippen molar-refractivity contribution in [3.05, 3.63) is 70.4 Å². The molecule has 2 amide bonds. The Morgan fingerprint density at radius 2 is 1.86 bits per heavy atom. The fraction of sp³-hybridized carbons (Fsp3) is 0.190. The number of hydrogen-bond donors (Lipinski definition) is 1. The van der Waals surface area contributed by atoms with Crippen molar-refractivity contribution < 1.29 is 19.1 Å². The van der Waals surface area contributed by atoms with Crippen molar-refractivity contribution in [2.45, 2.75) is 20.3 Å². The highest BCUT2D eigenvalue weighted by molar-refractivity contribution is 6.53. The topological polar surface area (TPSA) is 75.7 Å². The number of rotatable bonds is 6. The molecule has 0 spiro atoms. The van der Waals surface area contributed by atoms with Crippen LogP contribution in [0.4, 0.5) is 11.4 Å². The summed E-state index contributed by atoms with van der Waals surface area (Å²) in [6, 6.07) is 13.5. The van der Waals surface area contributed by atoms with Crippen molar-refractivity contribution in [3.8, 4) is 0 Å². The minimum Gasteiger partial charge on any atom is -0.462 e. The Bertz CT molecular complexity index is 984. The average Bonchev–Trinajstić information content (AvgIpc) is 2.90. The van der Waals surface area contributed by atoms with E-state index in [9.17, 15) is 14.4 Å². The molecule has 28 heavy (non-hydrogen) atoms. The molecule has 1 aliphatic rings. The third-order valence-electron chi connectivity index (χ3n) is 4.19. The van der Waals surface area contributed by atoms with Gasteiger partial charge in [0.15, 0.2) is 0 Å². The van der Waals surface area contributed by atoms with Gasteiger partial charge in [0.1, 0.15) is 10.7 Å². The number of nitrogens with one attached hydrogen (secondary N) is 1. The number of esters is 1. The Balaban J connectivity index is 1.85. The SMILES string of the molecule is CCCOC(=O)c1cccc(NC2=C(Cl)C(=O)N(c3ccccc3C)C2=O)c1. The van der Waals surface area contributed by atoms with Crippen molar-refractivity contribution in [2.75, 3.05) is 16.8 Å². The Morgan fingerprint density at radius 1 is 1.11 bits per heavy atom. The van der Waals surface area contributed by atoms with E-state index < -0.39 is 17.8 Å². The Kier molecular flexibility index (Phi) is 5.80. The number of hydrogen-bond acceptors (Lipinski definition) is 5. The van der Waals surface area contributed by atoms with Crippen LogP contribution in [0, 0.1) is 6.92 Å². The predicted molar refractivity (Wildman–Crippen MR) is 107 cm³/mol. The van der Waals surface area contributed by atoms with Crippen LogP contribution in [0.25, 0.3) is 0 Å². The first kappa shape index (κ1) is 19.6. The first-order chi connectivity index (χ1) is 13.4. The number of carbonyl (C=O) groups is 3. The molecule has 2 aromatic rings. The van der Waals surface area contributed by atoms with Gasteiger partial charge in [-0.2, -0.15) is 0 Å². The third-order valence-corrected chi connectivity index (χ3v) is 4.54. The fourth-order valence-electron chi connectivity index (χ4n) is 2.79. The van der Waals surface area contributed by atoms with Gasteiger partial charge in [-0.25, -0.2) is 9.69 Å². The van der Waals surface area contributed by atoms with Crippen molar-refractivity contribution in [3.63, 3.8) is 0 Å². The van der Waals surface area contributed by atoms with E-state index in [4.69, 9.17) is 16.3 Å². The summed E-state index contributed by atoms with van der Waals surface area (Å²) in [5, 5.41) is 2.67. The fourth-order valence-corrected chi connectivity index (χ4v) is 3.00. The van der Waals surface area contributed by atoms with Crippen molar-refractivity contribution in [1.82, 2.24) is 0 Å². The quantitative estimate of drug-likeness (QED) is 0.588. The summed E-state index contributed by atoms with van der Waals surface area (Å²) in [6.45, 7) is 4.04. The van der Waals surface area contributed by atoms with Crippen LogP contribution in [-0.4, -0.2) is 24.4 Å². The Hall–Kier alpha value is -3.12. The van der Waals surface area contributed by atoms with E-state index in [-0.39, 0.29) is 10.7 Å². The maximum absolute atomic E-state index is 12.9. The molecule has 0 atom stereocenters. The standard InChI is InChI=1S/C21H19ClN2O4/c1-3-11-28-21(27)14-8-6-9-15(12-14)23-18-17(22)19(25)24(20(18)26)16-10-5-4-7-13(16)2/h4-10,12,23H,3,11H2,1-2H3. The van der Waals surface area contributed by atoms with E-state index in [0.717, 1.165) is 16.9 Å². The molecule has 1 aliphatic heterocycles. The largest absolute Gasteiger partial charge is 0.462 e. The second-order valence-electron chi connectivity index (χ2n) is 6.26. The average molecular weight is 399 g/mol.